The number of para-hydroxylation sites is 2. The molecule has 0 aliphatic carbocycles. The SMILES string of the molecule is c1ccc(-c2ccc(-c3cc(-c4ccccc4)nc(-c4ccc(-c5ccc(-c6nc7ccccc7c7c(-c8ccccc8)c8c(cc67)oc6ccccc68)cc5)cc4)n3)cc2)cc1. The molecule has 0 saturated carbocycles. The van der Waals surface area contributed by atoms with Crippen LogP contribution in [0.1, 0.15) is 0 Å². The van der Waals surface area contributed by atoms with Crippen molar-refractivity contribution in [2.75, 3.05) is 0 Å². The van der Waals surface area contributed by atoms with Crippen LogP contribution in [0.25, 0.3) is 122 Å². The molecule has 0 aliphatic rings. The minimum absolute atomic E-state index is 0.683. The predicted octanol–water partition coefficient (Wildman–Crippen LogP) is 15.7. The van der Waals surface area contributed by atoms with Gasteiger partial charge in [-0.2, -0.15) is 0 Å². The summed E-state index contributed by atoms with van der Waals surface area (Å²) in [5, 5.41) is 5.57. The van der Waals surface area contributed by atoms with Gasteiger partial charge in [0.05, 0.1) is 22.6 Å². The molecule has 0 amide bonds. The molecule has 0 N–H and O–H groups in total. The summed E-state index contributed by atoms with van der Waals surface area (Å²) in [7, 11) is 0. The van der Waals surface area contributed by atoms with E-state index >= 15 is 0 Å². The fourth-order valence-corrected chi connectivity index (χ4v) is 9.01. The molecule has 0 atom stereocenters. The number of hydrogen-bond acceptors (Lipinski definition) is 4. The summed E-state index contributed by atoms with van der Waals surface area (Å²) < 4.78 is 6.58. The van der Waals surface area contributed by atoms with Gasteiger partial charge in [0.1, 0.15) is 11.2 Å². The zero-order chi connectivity index (χ0) is 41.7. The second-order valence-electron chi connectivity index (χ2n) is 15.9. The van der Waals surface area contributed by atoms with E-state index in [2.05, 4.69) is 194 Å². The molecule has 12 rings (SSSR count). The second-order valence-corrected chi connectivity index (χ2v) is 15.9. The molecule has 294 valence electrons. The molecule has 0 unspecified atom stereocenters. The smallest absolute Gasteiger partial charge is 0.160 e. The Morgan fingerprint density at radius 2 is 0.746 bits per heavy atom. The Balaban J connectivity index is 0.928. The molecule has 3 aromatic heterocycles. The summed E-state index contributed by atoms with van der Waals surface area (Å²) in [6, 6.07) is 78.4. The van der Waals surface area contributed by atoms with Crippen molar-refractivity contribution in [3.05, 3.63) is 224 Å². The monoisotopic (exact) mass is 803 g/mol. The predicted molar refractivity (Wildman–Crippen MR) is 260 cm³/mol. The Bertz CT molecular complexity index is 3620. The van der Waals surface area contributed by atoms with Crippen LogP contribution in [0.2, 0.25) is 0 Å². The lowest BCUT2D eigenvalue weighted by Crippen LogP contribution is -1.96. The molecule has 0 saturated heterocycles. The Hall–Kier alpha value is -8.47. The summed E-state index contributed by atoms with van der Waals surface area (Å²) in [5.41, 5.74) is 16.3. The van der Waals surface area contributed by atoms with Gasteiger partial charge in [0.2, 0.25) is 0 Å². The van der Waals surface area contributed by atoms with Crippen LogP contribution in [-0.2, 0) is 0 Å². The van der Waals surface area contributed by atoms with E-state index in [-0.39, 0.29) is 0 Å². The maximum atomic E-state index is 6.58. The number of rotatable bonds is 7. The van der Waals surface area contributed by atoms with Crippen LogP contribution in [0.5, 0.6) is 0 Å². The highest BCUT2D eigenvalue weighted by atomic mass is 16.3. The molecule has 0 bridgehead atoms. The van der Waals surface area contributed by atoms with E-state index in [0.29, 0.717) is 5.82 Å². The van der Waals surface area contributed by atoms with Crippen molar-refractivity contribution < 1.29 is 4.42 Å². The maximum Gasteiger partial charge on any atom is 0.160 e. The average Bonchev–Trinajstić information content (AvgIpc) is 3.74. The molecule has 12 aromatic rings. The highest BCUT2D eigenvalue weighted by Crippen LogP contribution is 2.46. The van der Waals surface area contributed by atoms with Crippen LogP contribution in [0, 0.1) is 0 Å². The number of fused-ring (bicyclic) bond motifs is 6. The van der Waals surface area contributed by atoms with Crippen LogP contribution in [0.3, 0.4) is 0 Å². The van der Waals surface area contributed by atoms with Gasteiger partial charge in [-0.3, -0.25) is 0 Å². The zero-order valence-corrected chi connectivity index (χ0v) is 34.1. The third kappa shape index (κ3) is 6.53. The highest BCUT2D eigenvalue weighted by molar-refractivity contribution is 6.27. The van der Waals surface area contributed by atoms with Gasteiger partial charge in [-0.15, -0.1) is 0 Å². The third-order valence-corrected chi connectivity index (χ3v) is 12.1. The van der Waals surface area contributed by atoms with Crippen molar-refractivity contribution in [2.45, 2.75) is 0 Å². The van der Waals surface area contributed by atoms with E-state index in [1.165, 1.54) is 16.5 Å². The lowest BCUT2D eigenvalue weighted by atomic mass is 9.89. The number of benzene rings is 9. The van der Waals surface area contributed by atoms with Gasteiger partial charge in [0.25, 0.3) is 0 Å². The van der Waals surface area contributed by atoms with Crippen LogP contribution in [0.15, 0.2) is 229 Å². The minimum Gasteiger partial charge on any atom is -0.456 e. The van der Waals surface area contributed by atoms with E-state index in [1.807, 2.05) is 30.3 Å². The lowest BCUT2D eigenvalue weighted by Gasteiger charge is -2.16. The molecule has 9 aromatic carbocycles. The van der Waals surface area contributed by atoms with Gasteiger partial charge in [0, 0.05) is 54.7 Å². The number of hydrogen-bond donors (Lipinski definition) is 0. The second kappa shape index (κ2) is 15.2. The fraction of sp³-hybridized carbons (Fsp3) is 0. The lowest BCUT2D eigenvalue weighted by molar-refractivity contribution is 0.669. The van der Waals surface area contributed by atoms with Gasteiger partial charge >= 0.3 is 0 Å². The summed E-state index contributed by atoms with van der Waals surface area (Å²) in [6.45, 7) is 0. The van der Waals surface area contributed by atoms with Crippen LogP contribution in [0.4, 0.5) is 0 Å². The summed E-state index contributed by atoms with van der Waals surface area (Å²) >= 11 is 0. The molecule has 0 spiro atoms. The number of nitrogens with zero attached hydrogens (tertiary/aromatic N) is 3. The van der Waals surface area contributed by atoms with E-state index in [4.69, 9.17) is 19.4 Å². The molecule has 0 fully saturated rings. The van der Waals surface area contributed by atoms with Crippen LogP contribution < -0.4 is 0 Å². The third-order valence-electron chi connectivity index (χ3n) is 12.1. The van der Waals surface area contributed by atoms with E-state index in [0.717, 1.165) is 99.8 Å². The first-order valence-electron chi connectivity index (χ1n) is 21.3. The zero-order valence-electron chi connectivity index (χ0n) is 34.1. The quantitative estimate of drug-likeness (QED) is 0.151. The largest absolute Gasteiger partial charge is 0.456 e. The summed E-state index contributed by atoms with van der Waals surface area (Å²) in [6.07, 6.45) is 0. The van der Waals surface area contributed by atoms with Crippen molar-refractivity contribution in [2.24, 2.45) is 0 Å². The van der Waals surface area contributed by atoms with Crippen LogP contribution >= 0.6 is 0 Å². The Labute approximate surface area is 364 Å². The van der Waals surface area contributed by atoms with E-state index in [1.54, 1.807) is 0 Å². The van der Waals surface area contributed by atoms with Crippen molar-refractivity contribution in [1.29, 1.82) is 0 Å². The fourth-order valence-electron chi connectivity index (χ4n) is 9.01. The standard InChI is InChI=1S/C59H37N3O/c1-4-14-38(15-5-1)39-24-30-43(31-25-39)52-37-51(42-16-6-2-7-17-42)61-59(62-52)46-34-28-41(29-35-46)40-26-32-45(33-27-40)58-49-36-54-57(48-21-11-13-23-53(48)63-54)55(44-18-8-3-9-19-44)56(49)47-20-10-12-22-50(47)60-58/h1-37H. The first kappa shape index (κ1) is 36.4. The number of pyridine rings is 1. The van der Waals surface area contributed by atoms with Crippen molar-refractivity contribution in [3.63, 3.8) is 0 Å². The summed E-state index contributed by atoms with van der Waals surface area (Å²) in [5.74, 6) is 0.683. The van der Waals surface area contributed by atoms with Crippen LogP contribution in [-0.4, -0.2) is 15.0 Å². The van der Waals surface area contributed by atoms with Crippen molar-refractivity contribution in [3.8, 4) is 78.5 Å². The Morgan fingerprint density at radius 3 is 1.38 bits per heavy atom. The molecule has 4 nitrogen and oxygen atoms in total. The van der Waals surface area contributed by atoms with Gasteiger partial charge in [-0.25, -0.2) is 15.0 Å². The number of aromatic nitrogens is 3. The van der Waals surface area contributed by atoms with E-state index in [9.17, 15) is 0 Å². The molecule has 0 aliphatic heterocycles. The maximum absolute atomic E-state index is 6.58. The molecule has 63 heavy (non-hydrogen) atoms. The molecular weight excluding hydrogens is 767 g/mol. The first-order chi connectivity index (χ1) is 31.2. The van der Waals surface area contributed by atoms with Gasteiger partial charge in [0.15, 0.2) is 5.82 Å². The topological polar surface area (TPSA) is 51.8 Å². The van der Waals surface area contributed by atoms with Crippen molar-refractivity contribution in [1.82, 2.24) is 15.0 Å². The highest BCUT2D eigenvalue weighted by Gasteiger charge is 2.21. The minimum atomic E-state index is 0.683. The molecular formula is C59H37N3O. The average molecular weight is 804 g/mol. The number of furan rings is 1. The summed E-state index contributed by atoms with van der Waals surface area (Å²) in [4.78, 5) is 15.6. The Morgan fingerprint density at radius 1 is 0.286 bits per heavy atom. The first-order valence-corrected chi connectivity index (χ1v) is 21.3. The van der Waals surface area contributed by atoms with Gasteiger partial charge in [-0.1, -0.05) is 200 Å². The normalized spacial score (nSPS) is 11.5. The van der Waals surface area contributed by atoms with Gasteiger partial charge in [-0.05, 0) is 52.1 Å². The van der Waals surface area contributed by atoms with E-state index < -0.39 is 0 Å². The van der Waals surface area contributed by atoms with Gasteiger partial charge < -0.3 is 4.42 Å². The molecule has 4 heteroatoms. The molecule has 0 radical (unpaired) electrons. The van der Waals surface area contributed by atoms with Crippen molar-refractivity contribution >= 4 is 43.6 Å². The molecule has 3 heterocycles. The Kier molecular flexibility index (Phi) is 8.79.